The van der Waals surface area contributed by atoms with Gasteiger partial charge in [0.1, 0.15) is 11.6 Å². The molecule has 0 unspecified atom stereocenters. The van der Waals surface area contributed by atoms with Crippen molar-refractivity contribution in [2.75, 3.05) is 11.9 Å². The van der Waals surface area contributed by atoms with E-state index in [9.17, 15) is 14.4 Å². The number of urea groups is 1. The molecule has 21 heavy (non-hydrogen) atoms. The Hall–Kier alpha value is -2.55. The lowest BCUT2D eigenvalue weighted by atomic mass is 10.5. The molecule has 0 saturated carbocycles. The van der Waals surface area contributed by atoms with E-state index in [4.69, 9.17) is 21.4 Å². The molecule has 0 saturated heterocycles. The summed E-state index contributed by atoms with van der Waals surface area (Å²) in [6.45, 7) is 1.73. The first-order chi connectivity index (χ1) is 9.92. The predicted molar refractivity (Wildman–Crippen MR) is 72.8 cm³/mol. The summed E-state index contributed by atoms with van der Waals surface area (Å²) in [5.74, 6) is -1.86. The van der Waals surface area contributed by atoms with Crippen LogP contribution in [0.3, 0.4) is 0 Å². The molecule has 0 aliphatic heterocycles. The van der Waals surface area contributed by atoms with Crippen LogP contribution in [0.2, 0.25) is 5.02 Å². The Morgan fingerprint density at radius 1 is 1.52 bits per heavy atom. The fourth-order valence-electron chi connectivity index (χ4n) is 1.20. The second kappa shape index (κ2) is 7.90. The molecular weight excluding hydrogens is 304 g/mol. The van der Waals surface area contributed by atoms with Gasteiger partial charge in [0.2, 0.25) is 0 Å². The molecule has 1 aromatic heterocycles. The highest BCUT2D eigenvalue weighted by Gasteiger charge is 2.13. The highest BCUT2D eigenvalue weighted by Crippen LogP contribution is 2.18. The fourth-order valence-corrected chi connectivity index (χ4v) is 1.40. The monoisotopic (exact) mass is 316 g/mol. The third kappa shape index (κ3) is 5.95. The topological polar surface area (TPSA) is 123 Å². The van der Waals surface area contributed by atoms with Crippen molar-refractivity contribution in [1.82, 2.24) is 15.1 Å². The van der Waals surface area contributed by atoms with Gasteiger partial charge in [-0.3, -0.25) is 24.9 Å². The summed E-state index contributed by atoms with van der Waals surface area (Å²) >= 11 is 5.77. The molecule has 0 aliphatic rings. The number of rotatable bonds is 6. The Kier molecular flexibility index (Phi) is 6.21. The number of anilines is 1. The number of nitrogens with zero attached hydrogens (tertiary/aromatic N) is 2. The molecule has 1 heterocycles. The second-order valence-electron chi connectivity index (χ2n) is 3.62. The number of halogens is 1. The second-order valence-corrected chi connectivity index (χ2v) is 4.03. The largest absolute Gasteiger partial charge is 0.501 e. The standard InChI is InChI=1S/C11H13ClN4O5/c1-2-21-4-3-8(17)13-11(20)14-10-7(12)5-16(15-10)6-9(18)19/h3-5H,2,6H2,1H3,(H,18,19)(H2,13,14,15,17,20). The molecule has 3 amide bonds. The van der Waals surface area contributed by atoms with Gasteiger partial charge < -0.3 is 9.84 Å². The van der Waals surface area contributed by atoms with E-state index in [1.54, 1.807) is 6.92 Å². The molecule has 3 N–H and O–H groups in total. The smallest absolute Gasteiger partial charge is 0.327 e. The van der Waals surface area contributed by atoms with Gasteiger partial charge in [0.15, 0.2) is 5.82 Å². The van der Waals surface area contributed by atoms with Crippen LogP contribution in [0.15, 0.2) is 18.5 Å². The molecule has 9 nitrogen and oxygen atoms in total. The minimum atomic E-state index is -1.11. The summed E-state index contributed by atoms with van der Waals surface area (Å²) in [6, 6.07) is -0.858. The third-order valence-corrected chi connectivity index (χ3v) is 2.24. The summed E-state index contributed by atoms with van der Waals surface area (Å²) in [5, 5.41) is 16.6. The van der Waals surface area contributed by atoms with Gasteiger partial charge in [0.25, 0.3) is 5.91 Å². The van der Waals surface area contributed by atoms with Crippen molar-refractivity contribution >= 4 is 35.3 Å². The van der Waals surface area contributed by atoms with E-state index < -0.39 is 24.5 Å². The third-order valence-electron chi connectivity index (χ3n) is 1.97. The number of carboxylic acid groups (broad SMARTS) is 1. The van der Waals surface area contributed by atoms with E-state index >= 15 is 0 Å². The number of carbonyl (C=O) groups excluding carboxylic acids is 2. The van der Waals surface area contributed by atoms with Crippen LogP contribution in [-0.4, -0.2) is 39.4 Å². The zero-order valence-electron chi connectivity index (χ0n) is 11.0. The van der Waals surface area contributed by atoms with Crippen molar-refractivity contribution in [3.63, 3.8) is 0 Å². The first kappa shape index (κ1) is 16.5. The normalized spacial score (nSPS) is 10.4. The zero-order valence-corrected chi connectivity index (χ0v) is 11.8. The molecule has 0 spiro atoms. The maximum atomic E-state index is 11.5. The Bertz CT molecular complexity index is 569. The van der Waals surface area contributed by atoms with E-state index in [0.717, 1.165) is 17.0 Å². The molecule has 10 heteroatoms. The molecule has 0 aromatic carbocycles. The minimum Gasteiger partial charge on any atom is -0.501 e. The first-order valence-corrected chi connectivity index (χ1v) is 6.15. The van der Waals surface area contributed by atoms with Crippen LogP contribution in [0.25, 0.3) is 0 Å². The van der Waals surface area contributed by atoms with Crippen LogP contribution in [0, 0.1) is 0 Å². The van der Waals surface area contributed by atoms with E-state index in [2.05, 4.69) is 10.4 Å². The van der Waals surface area contributed by atoms with Crippen LogP contribution in [0.4, 0.5) is 10.6 Å². The Morgan fingerprint density at radius 3 is 2.86 bits per heavy atom. The number of aromatic nitrogens is 2. The SMILES string of the molecule is CCOC=CC(=O)NC(=O)Nc1nn(CC(=O)O)cc1Cl. The quantitative estimate of drug-likeness (QED) is 0.527. The minimum absolute atomic E-state index is 0.0451. The van der Waals surface area contributed by atoms with Gasteiger partial charge in [-0.25, -0.2) is 4.79 Å². The molecule has 0 atom stereocenters. The number of hydrogen-bond acceptors (Lipinski definition) is 5. The average molecular weight is 317 g/mol. The number of amides is 3. The Morgan fingerprint density at radius 2 is 2.24 bits per heavy atom. The molecule has 0 bridgehead atoms. The molecule has 0 aliphatic carbocycles. The van der Waals surface area contributed by atoms with Gasteiger partial charge in [-0.2, -0.15) is 5.10 Å². The number of hydrogen-bond donors (Lipinski definition) is 3. The molecule has 0 radical (unpaired) electrons. The number of aliphatic carboxylic acids is 1. The highest BCUT2D eigenvalue weighted by atomic mass is 35.5. The summed E-state index contributed by atoms with van der Waals surface area (Å²) < 4.78 is 5.84. The lowest BCUT2D eigenvalue weighted by Crippen LogP contribution is -2.33. The average Bonchev–Trinajstić information content (AvgIpc) is 2.68. The first-order valence-electron chi connectivity index (χ1n) is 5.77. The maximum Gasteiger partial charge on any atom is 0.327 e. The Labute approximate surface area is 124 Å². The molecule has 114 valence electrons. The van der Waals surface area contributed by atoms with Crippen molar-refractivity contribution in [1.29, 1.82) is 0 Å². The van der Waals surface area contributed by atoms with Crippen molar-refractivity contribution in [3.05, 3.63) is 23.6 Å². The highest BCUT2D eigenvalue weighted by molar-refractivity contribution is 6.33. The van der Waals surface area contributed by atoms with Crippen molar-refractivity contribution in [2.24, 2.45) is 0 Å². The van der Waals surface area contributed by atoms with Crippen molar-refractivity contribution in [2.45, 2.75) is 13.5 Å². The van der Waals surface area contributed by atoms with E-state index in [0.29, 0.717) is 6.61 Å². The number of carbonyl (C=O) groups is 3. The number of nitrogens with one attached hydrogen (secondary N) is 2. The van der Waals surface area contributed by atoms with Crippen molar-refractivity contribution in [3.8, 4) is 0 Å². The van der Waals surface area contributed by atoms with Gasteiger partial charge in [-0.05, 0) is 6.92 Å². The van der Waals surface area contributed by atoms with E-state index in [1.807, 2.05) is 5.32 Å². The van der Waals surface area contributed by atoms with Crippen LogP contribution in [-0.2, 0) is 20.9 Å². The van der Waals surface area contributed by atoms with Gasteiger partial charge >= 0.3 is 12.0 Å². The van der Waals surface area contributed by atoms with Crippen LogP contribution < -0.4 is 10.6 Å². The summed E-state index contributed by atoms with van der Waals surface area (Å²) in [6.07, 6.45) is 3.42. The maximum absolute atomic E-state index is 11.5. The van der Waals surface area contributed by atoms with Gasteiger partial charge in [0, 0.05) is 12.3 Å². The van der Waals surface area contributed by atoms with Crippen LogP contribution in [0.1, 0.15) is 6.92 Å². The summed E-state index contributed by atoms with van der Waals surface area (Å²) in [5.41, 5.74) is 0. The lowest BCUT2D eigenvalue weighted by Gasteiger charge is -2.02. The zero-order chi connectivity index (χ0) is 15.8. The van der Waals surface area contributed by atoms with E-state index in [-0.39, 0.29) is 10.8 Å². The van der Waals surface area contributed by atoms with Crippen molar-refractivity contribution < 1.29 is 24.2 Å². The molecule has 0 fully saturated rings. The van der Waals surface area contributed by atoms with E-state index in [1.165, 1.54) is 6.20 Å². The molecule has 1 aromatic rings. The van der Waals surface area contributed by atoms with Crippen LogP contribution >= 0.6 is 11.6 Å². The van der Waals surface area contributed by atoms with Gasteiger partial charge in [-0.15, -0.1) is 0 Å². The predicted octanol–water partition coefficient (Wildman–Crippen LogP) is 0.819. The fraction of sp³-hybridized carbons (Fsp3) is 0.273. The number of imide groups is 1. The van der Waals surface area contributed by atoms with Gasteiger partial charge in [0.05, 0.1) is 12.9 Å². The summed E-state index contributed by atoms with van der Waals surface area (Å²) in [4.78, 5) is 33.3. The molecule has 1 rings (SSSR count). The summed E-state index contributed by atoms with van der Waals surface area (Å²) in [7, 11) is 0. The van der Waals surface area contributed by atoms with Crippen LogP contribution in [0.5, 0.6) is 0 Å². The number of carboxylic acids is 1. The number of ether oxygens (including phenoxy) is 1. The molecular formula is C11H13ClN4O5. The lowest BCUT2D eigenvalue weighted by molar-refractivity contribution is -0.137. The van der Waals surface area contributed by atoms with Gasteiger partial charge in [-0.1, -0.05) is 11.6 Å². The Balaban J connectivity index is 2.56.